The fraction of sp³-hybridized carbons (Fsp3) is 0.571. The van der Waals surface area contributed by atoms with Crippen molar-refractivity contribution in [3.63, 3.8) is 0 Å². The number of hydrogen-bond donors (Lipinski definition) is 2. The van der Waals surface area contributed by atoms with Gasteiger partial charge in [-0.15, -0.1) is 11.8 Å². The molecule has 3 nitrogen and oxygen atoms in total. The van der Waals surface area contributed by atoms with Crippen LogP contribution in [0.15, 0.2) is 29.2 Å². The third-order valence-electron chi connectivity index (χ3n) is 3.47. The Balaban J connectivity index is 1.86. The lowest BCUT2D eigenvalue weighted by atomic mass is 9.93. The average Bonchev–Trinajstić information content (AvgIpc) is 2.41. The van der Waals surface area contributed by atoms with Crippen molar-refractivity contribution in [2.45, 2.75) is 30.7 Å². The number of nitrogens with one attached hydrogen (secondary N) is 1. The smallest absolute Gasteiger partial charge is 0.0469 e. The molecule has 0 spiro atoms. The minimum Gasteiger partial charge on any atom is -0.381 e. The molecule has 100 valence electrons. The van der Waals surface area contributed by atoms with Crippen LogP contribution in [0.5, 0.6) is 0 Å². The van der Waals surface area contributed by atoms with E-state index in [9.17, 15) is 0 Å². The van der Waals surface area contributed by atoms with Crippen LogP contribution in [0.25, 0.3) is 0 Å². The van der Waals surface area contributed by atoms with Gasteiger partial charge in [0.1, 0.15) is 0 Å². The van der Waals surface area contributed by atoms with Gasteiger partial charge in [-0.1, -0.05) is 17.7 Å². The predicted octanol–water partition coefficient (Wildman–Crippen LogP) is 2.35. The summed E-state index contributed by atoms with van der Waals surface area (Å²) in [5.41, 5.74) is 4.29. The highest BCUT2D eigenvalue weighted by atomic mass is 32.2. The molecule has 1 aliphatic heterocycles. The first-order valence-corrected chi connectivity index (χ1v) is 7.51. The fourth-order valence-electron chi connectivity index (χ4n) is 2.33. The fourth-order valence-corrected chi connectivity index (χ4v) is 3.51. The molecule has 18 heavy (non-hydrogen) atoms. The first-order valence-electron chi connectivity index (χ1n) is 6.53. The quantitative estimate of drug-likeness (QED) is 0.488. The van der Waals surface area contributed by atoms with Crippen LogP contribution in [-0.4, -0.2) is 25.0 Å². The van der Waals surface area contributed by atoms with Crippen LogP contribution in [0.4, 0.5) is 0 Å². The molecule has 1 heterocycles. The number of nitrogens with two attached hydrogens (primary N) is 1. The lowest BCUT2D eigenvalue weighted by molar-refractivity contribution is 0.0566. The molecule has 1 saturated heterocycles. The second-order valence-electron chi connectivity index (χ2n) is 4.85. The second kappa shape index (κ2) is 7.14. The molecule has 1 unspecified atom stereocenters. The van der Waals surface area contributed by atoms with Crippen LogP contribution in [0.1, 0.15) is 18.4 Å². The summed E-state index contributed by atoms with van der Waals surface area (Å²) in [5.74, 6) is 7.35. The maximum atomic E-state index is 5.69. The second-order valence-corrected chi connectivity index (χ2v) is 5.94. The van der Waals surface area contributed by atoms with Crippen molar-refractivity contribution in [2.24, 2.45) is 11.8 Å². The normalized spacial score (nSPS) is 18.8. The minimum atomic E-state index is 0.374. The van der Waals surface area contributed by atoms with Crippen LogP contribution in [0.2, 0.25) is 0 Å². The maximum Gasteiger partial charge on any atom is 0.0469 e. The SMILES string of the molecule is Cc1cccc(SCC(NN)C2CCOCC2)c1. The van der Waals surface area contributed by atoms with E-state index in [-0.39, 0.29) is 0 Å². The van der Waals surface area contributed by atoms with E-state index in [1.165, 1.54) is 10.5 Å². The Bertz CT molecular complexity index is 367. The van der Waals surface area contributed by atoms with Gasteiger partial charge in [-0.05, 0) is 37.8 Å². The van der Waals surface area contributed by atoms with Gasteiger partial charge in [0.25, 0.3) is 0 Å². The van der Waals surface area contributed by atoms with Gasteiger partial charge in [-0.25, -0.2) is 0 Å². The van der Waals surface area contributed by atoms with Gasteiger partial charge in [0, 0.05) is 29.9 Å². The summed E-state index contributed by atoms with van der Waals surface area (Å²) in [4.78, 5) is 1.32. The zero-order valence-electron chi connectivity index (χ0n) is 10.9. The molecule has 0 amide bonds. The van der Waals surface area contributed by atoms with E-state index in [1.54, 1.807) is 0 Å². The number of hydrogen-bond acceptors (Lipinski definition) is 4. The summed E-state index contributed by atoms with van der Waals surface area (Å²) in [6, 6.07) is 9.00. The van der Waals surface area contributed by atoms with Crippen molar-refractivity contribution in [3.05, 3.63) is 29.8 Å². The molecule has 0 saturated carbocycles. The number of hydrazine groups is 1. The molecule has 0 radical (unpaired) electrons. The Kier molecular flexibility index (Phi) is 5.50. The molecule has 4 heteroatoms. The Labute approximate surface area is 113 Å². The van der Waals surface area contributed by atoms with Crippen molar-refractivity contribution in [1.82, 2.24) is 5.43 Å². The van der Waals surface area contributed by atoms with E-state index in [4.69, 9.17) is 10.6 Å². The van der Waals surface area contributed by atoms with E-state index in [0.29, 0.717) is 12.0 Å². The number of thioether (sulfide) groups is 1. The Morgan fingerprint density at radius 1 is 1.44 bits per heavy atom. The van der Waals surface area contributed by atoms with Crippen molar-refractivity contribution in [1.29, 1.82) is 0 Å². The van der Waals surface area contributed by atoms with Gasteiger partial charge in [0.15, 0.2) is 0 Å². The van der Waals surface area contributed by atoms with Crippen LogP contribution < -0.4 is 11.3 Å². The highest BCUT2D eigenvalue weighted by molar-refractivity contribution is 7.99. The molecule has 0 aromatic heterocycles. The summed E-state index contributed by atoms with van der Waals surface area (Å²) in [7, 11) is 0. The highest BCUT2D eigenvalue weighted by Gasteiger charge is 2.23. The highest BCUT2D eigenvalue weighted by Crippen LogP contribution is 2.25. The van der Waals surface area contributed by atoms with Crippen molar-refractivity contribution < 1.29 is 4.74 Å². The largest absolute Gasteiger partial charge is 0.381 e. The molecular formula is C14H22N2OS. The van der Waals surface area contributed by atoms with Gasteiger partial charge in [-0.2, -0.15) is 0 Å². The van der Waals surface area contributed by atoms with Gasteiger partial charge >= 0.3 is 0 Å². The summed E-state index contributed by atoms with van der Waals surface area (Å²) in [5, 5.41) is 0. The average molecular weight is 266 g/mol. The van der Waals surface area contributed by atoms with Crippen LogP contribution in [0.3, 0.4) is 0 Å². The van der Waals surface area contributed by atoms with Gasteiger partial charge in [0.05, 0.1) is 0 Å². The summed E-state index contributed by atoms with van der Waals surface area (Å²) in [6.45, 7) is 3.87. The van der Waals surface area contributed by atoms with E-state index >= 15 is 0 Å². The third kappa shape index (κ3) is 3.99. The van der Waals surface area contributed by atoms with E-state index in [0.717, 1.165) is 31.8 Å². The molecule has 1 fully saturated rings. The first kappa shape index (κ1) is 13.9. The first-order chi connectivity index (χ1) is 8.79. The molecule has 3 N–H and O–H groups in total. The number of benzene rings is 1. The molecule has 2 rings (SSSR count). The monoisotopic (exact) mass is 266 g/mol. The van der Waals surface area contributed by atoms with E-state index in [2.05, 4.69) is 36.6 Å². The summed E-state index contributed by atoms with van der Waals surface area (Å²) >= 11 is 1.88. The Morgan fingerprint density at radius 3 is 2.89 bits per heavy atom. The van der Waals surface area contributed by atoms with Crippen molar-refractivity contribution >= 4 is 11.8 Å². The zero-order chi connectivity index (χ0) is 12.8. The standard InChI is InChI=1S/C14H22N2OS/c1-11-3-2-4-13(9-11)18-10-14(16-15)12-5-7-17-8-6-12/h2-4,9,12,14,16H,5-8,10,15H2,1H3. The number of aryl methyl sites for hydroxylation is 1. The molecule has 1 aromatic rings. The number of rotatable bonds is 5. The van der Waals surface area contributed by atoms with Gasteiger partial charge in [-0.3, -0.25) is 11.3 Å². The van der Waals surface area contributed by atoms with Crippen LogP contribution >= 0.6 is 11.8 Å². The summed E-state index contributed by atoms with van der Waals surface area (Å²) in [6.07, 6.45) is 2.23. The van der Waals surface area contributed by atoms with Crippen molar-refractivity contribution in [3.8, 4) is 0 Å². The lowest BCUT2D eigenvalue weighted by Crippen LogP contribution is -2.44. The topological polar surface area (TPSA) is 47.3 Å². The maximum absolute atomic E-state index is 5.69. The number of ether oxygens (including phenoxy) is 1. The van der Waals surface area contributed by atoms with Crippen molar-refractivity contribution in [2.75, 3.05) is 19.0 Å². The Morgan fingerprint density at radius 2 is 2.22 bits per heavy atom. The minimum absolute atomic E-state index is 0.374. The molecule has 1 aliphatic rings. The van der Waals surface area contributed by atoms with Gasteiger partial charge < -0.3 is 4.74 Å². The molecule has 1 atom stereocenters. The molecule has 0 bridgehead atoms. The molecule has 1 aromatic carbocycles. The molecular weight excluding hydrogens is 244 g/mol. The van der Waals surface area contributed by atoms with E-state index in [1.807, 2.05) is 11.8 Å². The Hall–Kier alpha value is -0.550. The third-order valence-corrected chi connectivity index (χ3v) is 4.58. The summed E-state index contributed by atoms with van der Waals surface area (Å²) < 4.78 is 5.40. The van der Waals surface area contributed by atoms with Crippen LogP contribution in [-0.2, 0) is 4.74 Å². The van der Waals surface area contributed by atoms with E-state index < -0.39 is 0 Å². The molecule has 0 aliphatic carbocycles. The van der Waals surface area contributed by atoms with Gasteiger partial charge in [0.2, 0.25) is 0 Å². The lowest BCUT2D eigenvalue weighted by Gasteiger charge is -2.29. The predicted molar refractivity (Wildman–Crippen MR) is 76.6 cm³/mol. The van der Waals surface area contributed by atoms with Crippen LogP contribution in [0, 0.1) is 12.8 Å². The zero-order valence-corrected chi connectivity index (χ0v) is 11.7.